The number of rotatable bonds is 3. The molecule has 2 aliphatic rings. The Morgan fingerprint density at radius 1 is 1.27 bits per heavy atom. The Labute approximate surface area is 153 Å². The van der Waals surface area contributed by atoms with E-state index in [2.05, 4.69) is 0 Å². The number of ether oxygens (including phenoxy) is 2. The number of aryl methyl sites for hydroxylation is 1. The van der Waals surface area contributed by atoms with Crippen molar-refractivity contribution in [2.24, 2.45) is 11.1 Å². The molecule has 26 heavy (non-hydrogen) atoms. The molecule has 1 aromatic rings. The SMILES string of the molecule is CCOC(=O)C1=C(N)OC2=C(C(=O)CC(C)(C)C2)C1c1ccc(C)cc1. The number of nitrogens with two attached hydrogens (primary N) is 1. The topological polar surface area (TPSA) is 78.6 Å². The average molecular weight is 355 g/mol. The van der Waals surface area contributed by atoms with Gasteiger partial charge >= 0.3 is 5.97 Å². The van der Waals surface area contributed by atoms with Gasteiger partial charge in [-0.25, -0.2) is 4.79 Å². The fourth-order valence-corrected chi connectivity index (χ4v) is 3.68. The largest absolute Gasteiger partial charge is 0.462 e. The van der Waals surface area contributed by atoms with Crippen LogP contribution in [0, 0.1) is 12.3 Å². The molecule has 2 N–H and O–H groups in total. The molecule has 1 atom stereocenters. The minimum atomic E-state index is -0.554. The molecule has 1 aliphatic carbocycles. The second-order valence-corrected chi connectivity index (χ2v) is 7.72. The number of esters is 1. The molecule has 1 aromatic carbocycles. The van der Waals surface area contributed by atoms with Crippen molar-refractivity contribution in [3.8, 4) is 0 Å². The molecule has 0 fully saturated rings. The first-order valence-corrected chi connectivity index (χ1v) is 8.91. The number of Topliss-reactive ketones (excluding diaryl/α,β-unsaturated/α-hetero) is 1. The van der Waals surface area contributed by atoms with Gasteiger partial charge in [-0.3, -0.25) is 4.79 Å². The summed E-state index contributed by atoms with van der Waals surface area (Å²) in [6.45, 7) is 8.00. The molecule has 0 spiro atoms. The van der Waals surface area contributed by atoms with Crippen molar-refractivity contribution in [1.29, 1.82) is 0 Å². The highest BCUT2D eigenvalue weighted by Crippen LogP contribution is 2.48. The van der Waals surface area contributed by atoms with E-state index < -0.39 is 11.9 Å². The van der Waals surface area contributed by atoms with Crippen molar-refractivity contribution in [3.05, 3.63) is 58.2 Å². The molecule has 1 heterocycles. The van der Waals surface area contributed by atoms with E-state index in [1.54, 1.807) is 6.92 Å². The van der Waals surface area contributed by atoms with Gasteiger partial charge in [0.05, 0.1) is 12.5 Å². The zero-order valence-corrected chi connectivity index (χ0v) is 15.7. The Kier molecular flexibility index (Phi) is 4.65. The van der Waals surface area contributed by atoms with E-state index in [0.717, 1.165) is 11.1 Å². The summed E-state index contributed by atoms with van der Waals surface area (Å²) in [7, 11) is 0. The van der Waals surface area contributed by atoms with Gasteiger partial charge in [-0.2, -0.15) is 0 Å². The molecular weight excluding hydrogens is 330 g/mol. The number of allylic oxidation sites excluding steroid dienone is 2. The predicted octanol–water partition coefficient (Wildman–Crippen LogP) is 3.49. The maximum atomic E-state index is 13.0. The maximum Gasteiger partial charge on any atom is 0.340 e. The Morgan fingerprint density at radius 2 is 1.92 bits per heavy atom. The van der Waals surface area contributed by atoms with Crippen LogP contribution >= 0.6 is 0 Å². The number of hydrogen-bond acceptors (Lipinski definition) is 5. The zero-order chi connectivity index (χ0) is 19.1. The number of ketones is 1. The molecule has 1 unspecified atom stereocenters. The molecule has 0 amide bonds. The Morgan fingerprint density at radius 3 is 2.54 bits per heavy atom. The van der Waals surface area contributed by atoms with Crippen molar-refractivity contribution in [1.82, 2.24) is 0 Å². The Hall–Kier alpha value is -2.56. The molecule has 1 aliphatic heterocycles. The van der Waals surface area contributed by atoms with Crippen LogP contribution in [-0.4, -0.2) is 18.4 Å². The molecule has 138 valence electrons. The summed E-state index contributed by atoms with van der Waals surface area (Å²) in [5.41, 5.74) is 8.60. The molecule has 5 nitrogen and oxygen atoms in total. The van der Waals surface area contributed by atoms with E-state index in [9.17, 15) is 9.59 Å². The summed E-state index contributed by atoms with van der Waals surface area (Å²) in [5, 5.41) is 0. The molecule has 0 saturated heterocycles. The van der Waals surface area contributed by atoms with Crippen LogP contribution in [-0.2, 0) is 19.1 Å². The van der Waals surface area contributed by atoms with E-state index >= 15 is 0 Å². The molecule has 5 heteroatoms. The maximum absolute atomic E-state index is 13.0. The number of benzene rings is 1. The monoisotopic (exact) mass is 355 g/mol. The van der Waals surface area contributed by atoms with Crippen molar-refractivity contribution in [3.63, 3.8) is 0 Å². The number of carbonyl (C=O) groups is 2. The molecule has 0 radical (unpaired) electrons. The lowest BCUT2D eigenvalue weighted by Crippen LogP contribution is -2.35. The van der Waals surface area contributed by atoms with Crippen molar-refractivity contribution >= 4 is 11.8 Å². The van der Waals surface area contributed by atoms with Gasteiger partial charge in [-0.1, -0.05) is 43.7 Å². The quantitative estimate of drug-likeness (QED) is 0.840. The van der Waals surface area contributed by atoms with Crippen LogP contribution in [0.25, 0.3) is 0 Å². The Bertz CT molecular complexity index is 815. The van der Waals surface area contributed by atoms with Gasteiger partial charge in [0.1, 0.15) is 11.3 Å². The van der Waals surface area contributed by atoms with Gasteiger partial charge in [0, 0.05) is 18.4 Å². The van der Waals surface area contributed by atoms with Crippen LogP contribution in [0.2, 0.25) is 0 Å². The van der Waals surface area contributed by atoms with Crippen LogP contribution < -0.4 is 5.73 Å². The lowest BCUT2D eigenvalue weighted by molar-refractivity contribution is -0.139. The van der Waals surface area contributed by atoms with Crippen molar-refractivity contribution < 1.29 is 19.1 Å². The Balaban J connectivity index is 2.17. The van der Waals surface area contributed by atoms with E-state index in [1.807, 2.05) is 45.0 Å². The molecule has 0 saturated carbocycles. The van der Waals surface area contributed by atoms with E-state index in [1.165, 1.54) is 0 Å². The number of hydrogen-bond donors (Lipinski definition) is 1. The highest BCUT2D eigenvalue weighted by atomic mass is 16.5. The first kappa shape index (κ1) is 18.2. The minimum absolute atomic E-state index is 0.00359. The van der Waals surface area contributed by atoms with Gasteiger partial charge in [-0.15, -0.1) is 0 Å². The second kappa shape index (κ2) is 6.63. The highest BCUT2D eigenvalue weighted by Gasteiger charge is 2.44. The summed E-state index contributed by atoms with van der Waals surface area (Å²) < 4.78 is 11.0. The van der Waals surface area contributed by atoms with E-state index in [0.29, 0.717) is 24.2 Å². The fraction of sp³-hybridized carbons (Fsp3) is 0.429. The fourth-order valence-electron chi connectivity index (χ4n) is 3.68. The van der Waals surface area contributed by atoms with Crippen LogP contribution in [0.5, 0.6) is 0 Å². The number of carbonyl (C=O) groups excluding carboxylic acids is 2. The normalized spacial score (nSPS) is 22.0. The summed E-state index contributed by atoms with van der Waals surface area (Å²) in [6.07, 6.45) is 1.01. The first-order chi connectivity index (χ1) is 12.2. The summed E-state index contributed by atoms with van der Waals surface area (Å²) in [6, 6.07) is 7.77. The molecule has 3 rings (SSSR count). The van der Waals surface area contributed by atoms with Crippen molar-refractivity contribution in [2.45, 2.75) is 46.5 Å². The van der Waals surface area contributed by atoms with Crippen LogP contribution in [0.15, 0.2) is 47.1 Å². The van der Waals surface area contributed by atoms with Crippen molar-refractivity contribution in [2.75, 3.05) is 6.61 Å². The summed E-state index contributed by atoms with van der Waals surface area (Å²) >= 11 is 0. The van der Waals surface area contributed by atoms with Gasteiger partial charge in [-0.05, 0) is 24.8 Å². The highest BCUT2D eigenvalue weighted by molar-refractivity contribution is 6.03. The standard InChI is InChI=1S/C21H25NO4/c1-5-25-20(24)18-16(13-8-6-12(2)7-9-13)17-14(23)10-21(3,4)11-15(17)26-19(18)22/h6-9,16H,5,10-11,22H2,1-4H3. The smallest absolute Gasteiger partial charge is 0.340 e. The molecule has 0 bridgehead atoms. The van der Waals surface area contributed by atoms with Gasteiger partial charge in [0.15, 0.2) is 5.78 Å². The predicted molar refractivity (Wildman–Crippen MR) is 97.9 cm³/mol. The second-order valence-electron chi connectivity index (χ2n) is 7.72. The third-order valence-corrected chi connectivity index (χ3v) is 4.86. The lowest BCUT2D eigenvalue weighted by atomic mass is 9.70. The molecular formula is C21H25NO4. The molecule has 0 aromatic heterocycles. The van der Waals surface area contributed by atoms with E-state index in [-0.39, 0.29) is 29.3 Å². The van der Waals surface area contributed by atoms with Gasteiger partial charge in [0.25, 0.3) is 0 Å². The van der Waals surface area contributed by atoms with Gasteiger partial charge in [0.2, 0.25) is 5.88 Å². The average Bonchev–Trinajstić information content (AvgIpc) is 2.53. The van der Waals surface area contributed by atoms with Crippen LogP contribution in [0.1, 0.15) is 50.7 Å². The van der Waals surface area contributed by atoms with Gasteiger partial charge < -0.3 is 15.2 Å². The van der Waals surface area contributed by atoms with Crippen LogP contribution in [0.4, 0.5) is 0 Å². The third kappa shape index (κ3) is 3.26. The lowest BCUT2D eigenvalue weighted by Gasteiger charge is -2.37. The third-order valence-electron chi connectivity index (χ3n) is 4.86. The minimum Gasteiger partial charge on any atom is -0.462 e. The first-order valence-electron chi connectivity index (χ1n) is 8.91. The van der Waals surface area contributed by atoms with E-state index in [4.69, 9.17) is 15.2 Å². The van der Waals surface area contributed by atoms with Crippen LogP contribution in [0.3, 0.4) is 0 Å². The zero-order valence-electron chi connectivity index (χ0n) is 15.7. The summed E-state index contributed by atoms with van der Waals surface area (Å²) in [4.78, 5) is 25.6. The summed E-state index contributed by atoms with van der Waals surface area (Å²) in [5.74, 6) is -0.501.